The Kier molecular flexibility index (Phi) is 3.12. The number of rotatable bonds is 2. The van der Waals surface area contributed by atoms with Gasteiger partial charge in [-0.2, -0.15) is 0 Å². The van der Waals surface area contributed by atoms with Crippen LogP contribution in [0.2, 0.25) is 0 Å². The molecule has 1 aliphatic rings. The minimum Gasteiger partial charge on any atom is -0.411 e. The Labute approximate surface area is 78.8 Å². The number of allylic oxidation sites excluding steroid dienone is 2. The van der Waals surface area contributed by atoms with Gasteiger partial charge in [-0.1, -0.05) is 18.2 Å². The molecule has 0 radical (unpaired) electrons. The van der Waals surface area contributed by atoms with E-state index in [0.29, 0.717) is 0 Å². The smallest absolute Gasteiger partial charge is 0.0864 e. The second-order valence-corrected chi connectivity index (χ2v) is 3.27. The van der Waals surface area contributed by atoms with Gasteiger partial charge in [0.1, 0.15) is 0 Å². The second kappa shape index (κ2) is 4.12. The van der Waals surface area contributed by atoms with Gasteiger partial charge in [0.05, 0.1) is 11.8 Å². The van der Waals surface area contributed by atoms with Crippen LogP contribution in [0.15, 0.2) is 28.6 Å². The summed E-state index contributed by atoms with van der Waals surface area (Å²) in [4.78, 5) is 0. The van der Waals surface area contributed by atoms with Crippen molar-refractivity contribution in [1.29, 1.82) is 0 Å². The summed E-state index contributed by atoms with van der Waals surface area (Å²) in [5, 5.41) is 15.2. The molecule has 0 aromatic carbocycles. The monoisotopic (exact) mass is 180 g/mol. The van der Waals surface area contributed by atoms with Gasteiger partial charge in [-0.25, -0.2) is 0 Å². The minimum atomic E-state index is 0.0544. The van der Waals surface area contributed by atoms with E-state index in [-0.39, 0.29) is 6.04 Å². The molecule has 1 aliphatic heterocycles. The van der Waals surface area contributed by atoms with Crippen LogP contribution in [0.25, 0.3) is 0 Å². The minimum absolute atomic E-state index is 0.0544. The topological polar surface area (TPSA) is 44.6 Å². The summed E-state index contributed by atoms with van der Waals surface area (Å²) in [7, 11) is 0. The van der Waals surface area contributed by atoms with Crippen molar-refractivity contribution in [1.82, 2.24) is 5.32 Å². The molecule has 2 N–H and O–H groups in total. The Hall–Kier alpha value is -1.25. The van der Waals surface area contributed by atoms with Gasteiger partial charge in [-0.05, 0) is 31.4 Å². The molecule has 3 heteroatoms. The summed E-state index contributed by atoms with van der Waals surface area (Å²) in [5.41, 5.74) is 3.23. The molecule has 1 atom stereocenters. The van der Waals surface area contributed by atoms with Crippen molar-refractivity contribution < 1.29 is 5.21 Å². The van der Waals surface area contributed by atoms with Gasteiger partial charge >= 0.3 is 0 Å². The highest BCUT2D eigenvalue weighted by Gasteiger charge is 2.14. The lowest BCUT2D eigenvalue weighted by Gasteiger charge is -2.20. The van der Waals surface area contributed by atoms with Gasteiger partial charge in [0.15, 0.2) is 0 Å². The lowest BCUT2D eigenvalue weighted by Crippen LogP contribution is -2.33. The van der Waals surface area contributed by atoms with Crippen LogP contribution >= 0.6 is 0 Å². The molecule has 0 aliphatic carbocycles. The Morgan fingerprint density at radius 1 is 1.54 bits per heavy atom. The lowest BCUT2D eigenvalue weighted by molar-refractivity contribution is 0.315. The Morgan fingerprint density at radius 2 is 2.23 bits per heavy atom. The molecule has 0 fully saturated rings. The molecule has 3 nitrogen and oxygen atoms in total. The summed E-state index contributed by atoms with van der Waals surface area (Å²) in [6, 6.07) is 0.0544. The molecule has 0 saturated carbocycles. The van der Waals surface area contributed by atoms with Gasteiger partial charge in [0.25, 0.3) is 0 Å². The molecule has 0 amide bonds. The molecule has 1 rings (SSSR count). The molecule has 1 heterocycles. The molecule has 0 aromatic rings. The van der Waals surface area contributed by atoms with Crippen molar-refractivity contribution >= 4 is 5.71 Å². The SMILES string of the molecule is CC/C(=N/O)C1C=C(C)C(C)=CN1. The largest absolute Gasteiger partial charge is 0.411 e. The van der Waals surface area contributed by atoms with Crippen molar-refractivity contribution in [2.24, 2.45) is 5.16 Å². The number of hydrogen-bond acceptors (Lipinski definition) is 3. The third-order valence-electron chi connectivity index (χ3n) is 2.37. The maximum absolute atomic E-state index is 8.73. The van der Waals surface area contributed by atoms with Crippen molar-refractivity contribution in [3.63, 3.8) is 0 Å². The summed E-state index contributed by atoms with van der Waals surface area (Å²) < 4.78 is 0. The summed E-state index contributed by atoms with van der Waals surface area (Å²) in [6.45, 7) is 6.09. The first kappa shape index (κ1) is 9.84. The first-order chi connectivity index (χ1) is 6.19. The van der Waals surface area contributed by atoms with E-state index < -0.39 is 0 Å². The van der Waals surface area contributed by atoms with E-state index in [0.717, 1.165) is 12.1 Å². The molecule has 13 heavy (non-hydrogen) atoms. The number of hydrogen-bond donors (Lipinski definition) is 2. The fourth-order valence-corrected chi connectivity index (χ4v) is 1.30. The Balaban J connectivity index is 2.78. The van der Waals surface area contributed by atoms with Crippen molar-refractivity contribution in [2.75, 3.05) is 0 Å². The van der Waals surface area contributed by atoms with E-state index in [4.69, 9.17) is 5.21 Å². The molecular formula is C10H16N2O. The highest BCUT2D eigenvalue weighted by Crippen LogP contribution is 2.14. The van der Waals surface area contributed by atoms with Gasteiger partial charge < -0.3 is 10.5 Å². The van der Waals surface area contributed by atoms with Crippen molar-refractivity contribution in [2.45, 2.75) is 33.2 Å². The van der Waals surface area contributed by atoms with E-state index in [1.54, 1.807) is 0 Å². The number of nitrogens with one attached hydrogen (secondary N) is 1. The van der Waals surface area contributed by atoms with Gasteiger partial charge in [-0.3, -0.25) is 0 Å². The summed E-state index contributed by atoms with van der Waals surface area (Å²) in [5.74, 6) is 0. The zero-order valence-electron chi connectivity index (χ0n) is 8.33. The fraction of sp³-hybridized carbons (Fsp3) is 0.500. The van der Waals surface area contributed by atoms with Gasteiger partial charge in [0, 0.05) is 6.20 Å². The molecule has 0 spiro atoms. The average molecular weight is 180 g/mol. The van der Waals surface area contributed by atoms with E-state index >= 15 is 0 Å². The fourth-order valence-electron chi connectivity index (χ4n) is 1.30. The maximum Gasteiger partial charge on any atom is 0.0864 e. The Bertz CT molecular complexity index is 277. The Morgan fingerprint density at radius 3 is 2.69 bits per heavy atom. The quantitative estimate of drug-likeness (QED) is 0.388. The van der Waals surface area contributed by atoms with Crippen molar-refractivity contribution in [3.05, 3.63) is 23.4 Å². The molecule has 72 valence electrons. The highest BCUT2D eigenvalue weighted by atomic mass is 16.4. The lowest BCUT2D eigenvalue weighted by atomic mass is 10.00. The third-order valence-corrected chi connectivity index (χ3v) is 2.37. The second-order valence-electron chi connectivity index (χ2n) is 3.27. The zero-order valence-corrected chi connectivity index (χ0v) is 8.33. The van der Waals surface area contributed by atoms with E-state index in [1.807, 2.05) is 13.1 Å². The number of dihydropyridines is 1. The van der Waals surface area contributed by atoms with Crippen molar-refractivity contribution in [3.8, 4) is 0 Å². The zero-order chi connectivity index (χ0) is 9.84. The number of nitrogens with zero attached hydrogens (tertiary/aromatic N) is 1. The van der Waals surface area contributed by atoms with E-state index in [2.05, 4.69) is 30.4 Å². The van der Waals surface area contributed by atoms with E-state index in [9.17, 15) is 0 Å². The van der Waals surface area contributed by atoms with Crippen LogP contribution in [-0.2, 0) is 0 Å². The molecule has 0 saturated heterocycles. The van der Waals surface area contributed by atoms with Crippen LogP contribution in [-0.4, -0.2) is 17.0 Å². The summed E-state index contributed by atoms with van der Waals surface area (Å²) in [6.07, 6.45) is 4.79. The highest BCUT2D eigenvalue weighted by molar-refractivity contribution is 5.91. The molecule has 0 aromatic heterocycles. The van der Waals surface area contributed by atoms with Gasteiger partial charge in [-0.15, -0.1) is 0 Å². The third kappa shape index (κ3) is 2.11. The predicted molar refractivity (Wildman–Crippen MR) is 54.0 cm³/mol. The average Bonchev–Trinajstić information content (AvgIpc) is 2.13. The van der Waals surface area contributed by atoms with Crippen LogP contribution in [0.4, 0.5) is 0 Å². The standard InChI is InChI=1S/C10H16N2O/c1-4-9(12-13)10-5-7(2)8(3)6-11-10/h5-6,10-11,13H,4H2,1-3H3/b12-9-. The normalized spacial score (nSPS) is 23.3. The molecule has 0 bridgehead atoms. The number of oxime groups is 1. The van der Waals surface area contributed by atoms with Crippen LogP contribution in [0.1, 0.15) is 27.2 Å². The van der Waals surface area contributed by atoms with E-state index in [1.165, 1.54) is 11.1 Å². The van der Waals surface area contributed by atoms with Gasteiger partial charge in [0.2, 0.25) is 0 Å². The predicted octanol–water partition coefficient (Wildman–Crippen LogP) is 2.05. The first-order valence-corrected chi connectivity index (χ1v) is 4.51. The van der Waals surface area contributed by atoms with Crippen LogP contribution in [0.5, 0.6) is 0 Å². The maximum atomic E-state index is 8.73. The molecule has 1 unspecified atom stereocenters. The van der Waals surface area contributed by atoms with Crippen LogP contribution < -0.4 is 5.32 Å². The summed E-state index contributed by atoms with van der Waals surface area (Å²) >= 11 is 0. The van der Waals surface area contributed by atoms with Crippen LogP contribution in [0.3, 0.4) is 0 Å². The molecular weight excluding hydrogens is 164 g/mol. The van der Waals surface area contributed by atoms with Crippen LogP contribution in [0, 0.1) is 0 Å². The first-order valence-electron chi connectivity index (χ1n) is 4.51.